The molecule has 0 unspecified atom stereocenters. The van der Waals surface area contributed by atoms with Crippen molar-refractivity contribution >= 4 is 17.6 Å². The molecule has 2 N–H and O–H groups in total. The molecule has 0 radical (unpaired) electrons. The molecule has 0 amide bonds. The van der Waals surface area contributed by atoms with Gasteiger partial charge in [0.1, 0.15) is 11.5 Å². The van der Waals surface area contributed by atoms with E-state index in [-0.39, 0.29) is 18.2 Å². The first-order chi connectivity index (χ1) is 10.6. The van der Waals surface area contributed by atoms with Crippen LogP contribution in [-0.2, 0) is 0 Å². The maximum absolute atomic E-state index is 9.49. The van der Waals surface area contributed by atoms with Gasteiger partial charge in [-0.25, -0.2) is 0 Å². The molecule has 2 nitrogen and oxygen atoms in total. The van der Waals surface area contributed by atoms with Crippen LogP contribution >= 0.6 is 0 Å². The zero-order valence-electron chi connectivity index (χ0n) is 12.9. The van der Waals surface area contributed by atoms with Crippen LogP contribution in [0.3, 0.4) is 0 Å². The van der Waals surface area contributed by atoms with Gasteiger partial charge < -0.3 is 10.2 Å². The van der Waals surface area contributed by atoms with Gasteiger partial charge in [0.05, 0.1) is 0 Å². The molecule has 0 heterocycles. The summed E-state index contributed by atoms with van der Waals surface area (Å²) >= 11 is 0. The normalized spacial score (nSPS) is 10.8. The summed E-state index contributed by atoms with van der Waals surface area (Å²) in [5.41, 5.74) is 3.12. The predicted molar refractivity (Wildman–Crippen MR) is 94.4 cm³/mol. The van der Waals surface area contributed by atoms with Crippen LogP contribution in [0.5, 0.6) is 11.5 Å². The van der Waals surface area contributed by atoms with Crippen molar-refractivity contribution in [3.63, 3.8) is 0 Å². The van der Waals surface area contributed by atoms with E-state index in [0.717, 1.165) is 29.2 Å². The predicted octanol–water partition coefficient (Wildman–Crippen LogP) is 3.16. The molecule has 0 fully saturated rings. The maximum Gasteiger partial charge on any atom is 0.240 e. The van der Waals surface area contributed by atoms with Crippen molar-refractivity contribution in [1.82, 2.24) is 0 Å². The number of unbranched alkanes of at least 4 members (excludes halogenated alkanes) is 1. The number of phenols is 2. The first kappa shape index (κ1) is 16.0. The molecule has 0 atom stereocenters. The quantitative estimate of drug-likeness (QED) is 0.634. The lowest BCUT2D eigenvalue weighted by Gasteiger charge is -2.15. The van der Waals surface area contributed by atoms with E-state index in [1.165, 1.54) is 0 Å². The van der Waals surface area contributed by atoms with Crippen LogP contribution in [0.15, 0.2) is 72.7 Å². The second-order valence-electron chi connectivity index (χ2n) is 5.38. The summed E-state index contributed by atoms with van der Waals surface area (Å²) in [4.78, 5) is 0. The maximum atomic E-state index is 9.49. The van der Waals surface area contributed by atoms with Crippen molar-refractivity contribution in [2.24, 2.45) is 0 Å². The highest BCUT2D eigenvalue weighted by Crippen LogP contribution is 2.11. The molecule has 0 aliphatic rings. The van der Waals surface area contributed by atoms with E-state index >= 15 is 0 Å². The number of benzene rings is 2. The Morgan fingerprint density at radius 2 is 1.41 bits per heavy atom. The van der Waals surface area contributed by atoms with Gasteiger partial charge in [0.15, 0.2) is 0 Å². The average molecular weight is 292 g/mol. The zero-order valence-corrected chi connectivity index (χ0v) is 12.9. The van der Waals surface area contributed by atoms with E-state index in [1.807, 2.05) is 24.3 Å². The van der Waals surface area contributed by atoms with Gasteiger partial charge in [-0.2, -0.15) is 0 Å². The standard InChI is InChI=1S/C19H21BO2/c1-3-4-5-6-15(2)20(16-7-11-18(21)12-8-16)17-9-13-19(22)14-10-17/h5-14,21-22H,2-4H2,1H3/b6-5-. The molecule has 2 aromatic carbocycles. The third-order valence-corrected chi connectivity index (χ3v) is 3.61. The molecule has 0 aromatic heterocycles. The lowest BCUT2D eigenvalue weighted by Crippen LogP contribution is -2.43. The van der Waals surface area contributed by atoms with Gasteiger partial charge in [-0.1, -0.05) is 66.2 Å². The van der Waals surface area contributed by atoms with E-state index in [1.54, 1.807) is 24.3 Å². The number of hydrogen-bond acceptors (Lipinski definition) is 2. The third kappa shape index (κ3) is 4.04. The summed E-state index contributed by atoms with van der Waals surface area (Å²) in [5.74, 6) is 0.501. The highest BCUT2D eigenvalue weighted by Gasteiger charge is 2.21. The highest BCUT2D eigenvalue weighted by molar-refractivity contribution is 6.91. The largest absolute Gasteiger partial charge is 0.508 e. The first-order valence-electron chi connectivity index (χ1n) is 7.55. The van der Waals surface area contributed by atoms with Crippen molar-refractivity contribution in [2.75, 3.05) is 0 Å². The third-order valence-electron chi connectivity index (χ3n) is 3.61. The molecule has 0 saturated carbocycles. The zero-order chi connectivity index (χ0) is 15.9. The van der Waals surface area contributed by atoms with Gasteiger partial charge in [-0.15, -0.1) is 6.58 Å². The number of rotatable bonds is 6. The summed E-state index contributed by atoms with van der Waals surface area (Å²) in [7, 11) is 0. The minimum Gasteiger partial charge on any atom is -0.508 e. The topological polar surface area (TPSA) is 40.5 Å². The van der Waals surface area contributed by atoms with E-state index in [0.29, 0.717) is 0 Å². The smallest absolute Gasteiger partial charge is 0.240 e. The van der Waals surface area contributed by atoms with Crippen LogP contribution in [-0.4, -0.2) is 16.9 Å². The monoisotopic (exact) mass is 292 g/mol. The SMILES string of the molecule is C=C(/C=C\CCC)B(c1ccc(O)cc1)c1ccc(O)cc1. The van der Waals surface area contributed by atoms with Gasteiger partial charge in [0.25, 0.3) is 0 Å². The van der Waals surface area contributed by atoms with Gasteiger partial charge >= 0.3 is 0 Å². The fourth-order valence-corrected chi connectivity index (χ4v) is 2.45. The number of aromatic hydroxyl groups is 2. The summed E-state index contributed by atoms with van der Waals surface area (Å²) in [5, 5.41) is 19.0. The molecule has 0 spiro atoms. The Hall–Kier alpha value is -2.42. The van der Waals surface area contributed by atoms with Crippen LogP contribution in [0, 0.1) is 0 Å². The Balaban J connectivity index is 2.37. The molecule has 112 valence electrons. The molecular formula is C19H21BO2. The summed E-state index contributed by atoms with van der Waals surface area (Å²) < 4.78 is 0. The Morgan fingerprint density at radius 3 is 1.82 bits per heavy atom. The molecule has 0 aliphatic heterocycles. The number of allylic oxidation sites excluding steroid dienone is 3. The molecule has 0 bridgehead atoms. The van der Waals surface area contributed by atoms with E-state index < -0.39 is 0 Å². The van der Waals surface area contributed by atoms with E-state index in [9.17, 15) is 10.2 Å². The van der Waals surface area contributed by atoms with E-state index in [4.69, 9.17) is 0 Å². The Bertz CT molecular complexity index is 597. The Labute approximate surface area is 132 Å². The van der Waals surface area contributed by atoms with Crippen molar-refractivity contribution in [3.05, 3.63) is 72.7 Å². The second kappa shape index (κ2) is 7.55. The van der Waals surface area contributed by atoms with Crippen LogP contribution in [0.1, 0.15) is 19.8 Å². The van der Waals surface area contributed by atoms with E-state index in [2.05, 4.69) is 25.7 Å². The molecule has 22 heavy (non-hydrogen) atoms. The second-order valence-corrected chi connectivity index (χ2v) is 5.38. The summed E-state index contributed by atoms with van der Waals surface area (Å²) in [6.45, 7) is 6.36. The molecule has 2 rings (SSSR count). The fourth-order valence-electron chi connectivity index (χ4n) is 2.45. The number of hydrogen-bond donors (Lipinski definition) is 2. The molecular weight excluding hydrogens is 271 g/mol. The van der Waals surface area contributed by atoms with Crippen LogP contribution in [0.25, 0.3) is 0 Å². The highest BCUT2D eigenvalue weighted by atomic mass is 16.3. The van der Waals surface area contributed by atoms with Crippen LogP contribution in [0.4, 0.5) is 0 Å². The van der Waals surface area contributed by atoms with Gasteiger partial charge in [-0.05, 0) is 30.7 Å². The fraction of sp³-hybridized carbons (Fsp3) is 0.158. The van der Waals surface area contributed by atoms with Crippen molar-refractivity contribution in [3.8, 4) is 11.5 Å². The Morgan fingerprint density at radius 1 is 0.955 bits per heavy atom. The van der Waals surface area contributed by atoms with Crippen molar-refractivity contribution < 1.29 is 10.2 Å². The molecule has 0 aliphatic carbocycles. The van der Waals surface area contributed by atoms with Gasteiger partial charge in [-0.3, -0.25) is 0 Å². The minimum atomic E-state index is 0.00862. The van der Waals surface area contributed by atoms with Gasteiger partial charge in [0, 0.05) is 0 Å². The lowest BCUT2D eigenvalue weighted by molar-refractivity contribution is 0.475. The minimum absolute atomic E-state index is 0.00862. The Kier molecular flexibility index (Phi) is 5.48. The summed E-state index contributed by atoms with van der Waals surface area (Å²) in [6, 6.07) is 14.4. The summed E-state index contributed by atoms with van der Waals surface area (Å²) in [6.07, 6.45) is 6.33. The lowest BCUT2D eigenvalue weighted by atomic mass is 9.36. The molecule has 0 saturated heterocycles. The average Bonchev–Trinajstić information content (AvgIpc) is 2.52. The van der Waals surface area contributed by atoms with Crippen LogP contribution < -0.4 is 10.9 Å². The number of phenolic OH excluding ortho intramolecular Hbond substituents is 2. The van der Waals surface area contributed by atoms with Crippen molar-refractivity contribution in [2.45, 2.75) is 19.8 Å². The first-order valence-corrected chi connectivity index (χ1v) is 7.55. The van der Waals surface area contributed by atoms with Gasteiger partial charge in [0.2, 0.25) is 6.71 Å². The van der Waals surface area contributed by atoms with Crippen molar-refractivity contribution in [1.29, 1.82) is 0 Å². The molecule has 3 heteroatoms. The molecule has 2 aromatic rings. The van der Waals surface area contributed by atoms with Crippen LogP contribution in [0.2, 0.25) is 0 Å².